The Morgan fingerprint density at radius 2 is 2.50 bits per heavy atom. The van der Waals surface area contributed by atoms with Crippen LogP contribution in [-0.4, -0.2) is 22.4 Å². The molecular formula is C8H11N3O. The fourth-order valence-corrected chi connectivity index (χ4v) is 1.58. The van der Waals surface area contributed by atoms with Crippen LogP contribution in [0, 0.1) is 0 Å². The van der Waals surface area contributed by atoms with Crippen molar-refractivity contribution in [3.63, 3.8) is 0 Å². The Morgan fingerprint density at radius 1 is 1.67 bits per heavy atom. The number of aldehydes is 1. The Bertz CT molecular complexity index is 316. The van der Waals surface area contributed by atoms with Crippen molar-refractivity contribution in [3.8, 4) is 0 Å². The van der Waals surface area contributed by atoms with Gasteiger partial charge in [0.2, 0.25) is 0 Å². The van der Waals surface area contributed by atoms with Gasteiger partial charge in [-0.3, -0.25) is 4.79 Å². The summed E-state index contributed by atoms with van der Waals surface area (Å²) in [5.74, 6) is 0.531. The molecule has 0 saturated heterocycles. The smallest absolute Gasteiger partial charge is 0.185 e. The molecule has 1 aromatic heterocycles. The Hall–Kier alpha value is -1.16. The topological polar surface area (TPSA) is 46.9 Å². The third-order valence-electron chi connectivity index (χ3n) is 2.27. The molecule has 0 bridgehead atoms. The van der Waals surface area contributed by atoms with Crippen molar-refractivity contribution >= 4 is 6.29 Å². The van der Waals surface area contributed by atoms with E-state index < -0.39 is 0 Å². The summed E-state index contributed by atoms with van der Waals surface area (Å²) in [5, 5.41) is 3.21. The van der Waals surface area contributed by atoms with Gasteiger partial charge in [0.1, 0.15) is 0 Å². The molecule has 1 aromatic rings. The minimum absolute atomic E-state index is 0.531. The Morgan fingerprint density at radius 3 is 3.17 bits per heavy atom. The van der Waals surface area contributed by atoms with Crippen molar-refractivity contribution in [2.45, 2.75) is 13.0 Å². The lowest BCUT2D eigenvalue weighted by Gasteiger charge is -2.12. The molecular weight excluding hydrogens is 154 g/mol. The van der Waals surface area contributed by atoms with Crippen LogP contribution in [0.2, 0.25) is 0 Å². The molecule has 4 nitrogen and oxygen atoms in total. The van der Waals surface area contributed by atoms with Gasteiger partial charge in [0.05, 0.1) is 5.69 Å². The summed E-state index contributed by atoms with van der Waals surface area (Å²) in [4.78, 5) is 14.7. The van der Waals surface area contributed by atoms with Crippen molar-refractivity contribution in [1.82, 2.24) is 14.9 Å². The number of nitrogens with one attached hydrogen (secondary N) is 1. The molecule has 0 unspecified atom stereocenters. The summed E-state index contributed by atoms with van der Waals surface area (Å²) in [6.07, 6.45) is 1.77. The first-order chi connectivity index (χ1) is 5.83. The molecule has 0 spiro atoms. The highest BCUT2D eigenvalue weighted by Crippen LogP contribution is 2.12. The van der Waals surface area contributed by atoms with Crippen LogP contribution in [0.25, 0.3) is 0 Å². The zero-order chi connectivity index (χ0) is 8.55. The van der Waals surface area contributed by atoms with E-state index in [2.05, 4.69) is 10.3 Å². The first-order valence-corrected chi connectivity index (χ1v) is 4.03. The summed E-state index contributed by atoms with van der Waals surface area (Å²) in [6, 6.07) is 0. The molecule has 4 heteroatoms. The molecule has 0 aromatic carbocycles. The third kappa shape index (κ3) is 0.956. The quantitative estimate of drug-likeness (QED) is 0.590. The molecule has 0 radical (unpaired) electrons. The van der Waals surface area contributed by atoms with Gasteiger partial charge in [-0.1, -0.05) is 0 Å². The zero-order valence-electron chi connectivity index (χ0n) is 7.00. The average molecular weight is 165 g/mol. The maximum atomic E-state index is 10.5. The SMILES string of the molecule is Cn1c(C=O)nc2c1CCNC2. The number of carbonyl (C=O) groups is 1. The number of nitrogens with zero attached hydrogens (tertiary/aromatic N) is 2. The number of rotatable bonds is 1. The van der Waals surface area contributed by atoms with E-state index in [0.717, 1.165) is 31.5 Å². The van der Waals surface area contributed by atoms with Gasteiger partial charge in [-0.15, -0.1) is 0 Å². The number of fused-ring (bicyclic) bond motifs is 1. The Balaban J connectivity index is 2.51. The van der Waals surface area contributed by atoms with E-state index in [0.29, 0.717) is 5.82 Å². The van der Waals surface area contributed by atoms with Gasteiger partial charge in [-0.25, -0.2) is 4.98 Å². The molecule has 1 aliphatic rings. The van der Waals surface area contributed by atoms with Crippen LogP contribution < -0.4 is 5.32 Å². The molecule has 0 atom stereocenters. The van der Waals surface area contributed by atoms with E-state index >= 15 is 0 Å². The third-order valence-corrected chi connectivity index (χ3v) is 2.27. The van der Waals surface area contributed by atoms with Crippen molar-refractivity contribution < 1.29 is 4.79 Å². The standard InChI is InChI=1S/C8H11N3O/c1-11-7-2-3-9-4-6(7)10-8(11)5-12/h5,9H,2-4H2,1H3. The van der Waals surface area contributed by atoms with Crippen LogP contribution in [-0.2, 0) is 20.0 Å². The van der Waals surface area contributed by atoms with Gasteiger partial charge in [-0.05, 0) is 0 Å². The van der Waals surface area contributed by atoms with Crippen molar-refractivity contribution in [3.05, 3.63) is 17.2 Å². The maximum absolute atomic E-state index is 10.5. The van der Waals surface area contributed by atoms with Crippen LogP contribution in [0.4, 0.5) is 0 Å². The van der Waals surface area contributed by atoms with E-state index in [1.54, 1.807) is 0 Å². The molecule has 0 aliphatic carbocycles. The molecule has 0 amide bonds. The van der Waals surface area contributed by atoms with Gasteiger partial charge >= 0.3 is 0 Å². The predicted octanol–water partition coefficient (Wildman–Crippen LogP) is -0.122. The lowest BCUT2D eigenvalue weighted by atomic mass is 10.2. The highest BCUT2D eigenvalue weighted by Gasteiger charge is 2.16. The van der Waals surface area contributed by atoms with Gasteiger partial charge in [-0.2, -0.15) is 0 Å². The second-order valence-corrected chi connectivity index (χ2v) is 2.97. The first-order valence-electron chi connectivity index (χ1n) is 4.03. The summed E-state index contributed by atoms with van der Waals surface area (Å²) < 4.78 is 1.88. The van der Waals surface area contributed by atoms with Crippen LogP contribution in [0.1, 0.15) is 22.0 Å². The van der Waals surface area contributed by atoms with Crippen LogP contribution in [0.3, 0.4) is 0 Å². The second-order valence-electron chi connectivity index (χ2n) is 2.97. The van der Waals surface area contributed by atoms with Crippen LogP contribution >= 0.6 is 0 Å². The normalized spacial score (nSPS) is 15.8. The van der Waals surface area contributed by atoms with E-state index in [4.69, 9.17) is 0 Å². The molecule has 2 heterocycles. The van der Waals surface area contributed by atoms with E-state index in [-0.39, 0.29) is 0 Å². The number of aromatic nitrogens is 2. The molecule has 0 saturated carbocycles. The molecule has 1 N–H and O–H groups in total. The highest BCUT2D eigenvalue weighted by molar-refractivity contribution is 5.69. The largest absolute Gasteiger partial charge is 0.329 e. The first kappa shape index (κ1) is 7.49. The van der Waals surface area contributed by atoms with Gasteiger partial charge < -0.3 is 9.88 Å². The van der Waals surface area contributed by atoms with E-state index in [9.17, 15) is 4.79 Å². The van der Waals surface area contributed by atoms with Crippen molar-refractivity contribution in [2.24, 2.45) is 7.05 Å². The van der Waals surface area contributed by atoms with Gasteiger partial charge in [0.15, 0.2) is 12.1 Å². The summed E-state index contributed by atoms with van der Waals surface area (Å²) in [7, 11) is 1.89. The Labute approximate surface area is 70.6 Å². The monoisotopic (exact) mass is 165 g/mol. The minimum Gasteiger partial charge on any atom is -0.329 e. The number of hydrogen-bond acceptors (Lipinski definition) is 3. The van der Waals surface area contributed by atoms with E-state index in [1.807, 2.05) is 11.6 Å². The fraction of sp³-hybridized carbons (Fsp3) is 0.500. The predicted molar refractivity (Wildman–Crippen MR) is 44.0 cm³/mol. The number of imidazole rings is 1. The average Bonchev–Trinajstić information content (AvgIpc) is 2.44. The maximum Gasteiger partial charge on any atom is 0.185 e. The number of hydrogen-bond donors (Lipinski definition) is 1. The summed E-state index contributed by atoms with van der Waals surface area (Å²) >= 11 is 0. The molecule has 1 aliphatic heterocycles. The number of carbonyl (C=O) groups excluding carboxylic acids is 1. The van der Waals surface area contributed by atoms with Crippen LogP contribution in [0.5, 0.6) is 0 Å². The highest BCUT2D eigenvalue weighted by atomic mass is 16.1. The Kier molecular flexibility index (Phi) is 1.69. The van der Waals surface area contributed by atoms with E-state index in [1.165, 1.54) is 5.69 Å². The zero-order valence-corrected chi connectivity index (χ0v) is 7.00. The molecule has 0 fully saturated rings. The fourth-order valence-electron chi connectivity index (χ4n) is 1.58. The summed E-state index contributed by atoms with van der Waals surface area (Å²) in [6.45, 7) is 1.77. The summed E-state index contributed by atoms with van der Waals surface area (Å²) in [5.41, 5.74) is 2.21. The molecule has 2 rings (SSSR count). The van der Waals surface area contributed by atoms with Crippen molar-refractivity contribution in [2.75, 3.05) is 6.54 Å². The minimum atomic E-state index is 0.531. The molecule has 64 valence electrons. The molecule has 12 heavy (non-hydrogen) atoms. The lowest BCUT2D eigenvalue weighted by Crippen LogP contribution is -2.24. The lowest BCUT2D eigenvalue weighted by molar-refractivity contribution is 0.111. The van der Waals surface area contributed by atoms with Crippen LogP contribution in [0.15, 0.2) is 0 Å². The second kappa shape index (κ2) is 2.71. The van der Waals surface area contributed by atoms with Crippen molar-refractivity contribution in [1.29, 1.82) is 0 Å². The van der Waals surface area contributed by atoms with Gasteiger partial charge in [0, 0.05) is 32.3 Å². The van der Waals surface area contributed by atoms with Gasteiger partial charge in [0.25, 0.3) is 0 Å².